The predicted octanol–water partition coefficient (Wildman–Crippen LogP) is 3.34. The number of rotatable bonds is 9. The molecule has 0 radical (unpaired) electrons. The number of hydrogen-bond acceptors (Lipinski definition) is 4. The van der Waals surface area contributed by atoms with Crippen LogP contribution in [-0.4, -0.2) is 37.9 Å². The van der Waals surface area contributed by atoms with E-state index in [-0.39, 0.29) is 13.2 Å². The van der Waals surface area contributed by atoms with E-state index in [1.807, 2.05) is 13.0 Å². The van der Waals surface area contributed by atoms with Crippen molar-refractivity contribution < 1.29 is 27.8 Å². The Morgan fingerprint density at radius 3 is 2.33 bits per heavy atom. The van der Waals surface area contributed by atoms with Crippen molar-refractivity contribution in [3.05, 3.63) is 59.2 Å². The van der Waals surface area contributed by atoms with Crippen molar-refractivity contribution in [2.24, 2.45) is 4.99 Å². The van der Waals surface area contributed by atoms with Crippen molar-refractivity contribution in [1.82, 2.24) is 10.6 Å². The van der Waals surface area contributed by atoms with Gasteiger partial charge < -0.3 is 25.2 Å². The fraction of sp³-hybridized carbons (Fsp3) is 0.381. The van der Waals surface area contributed by atoms with Crippen molar-refractivity contribution >= 4 is 5.96 Å². The zero-order chi connectivity index (χ0) is 22.0. The lowest BCUT2D eigenvalue weighted by Crippen LogP contribution is -2.36. The highest BCUT2D eigenvalue weighted by Crippen LogP contribution is 2.29. The lowest BCUT2D eigenvalue weighted by Gasteiger charge is -2.13. The lowest BCUT2D eigenvalue weighted by molar-refractivity contribution is -0.137. The van der Waals surface area contributed by atoms with E-state index in [1.54, 1.807) is 12.1 Å². The van der Waals surface area contributed by atoms with E-state index in [0.29, 0.717) is 42.7 Å². The fourth-order valence-corrected chi connectivity index (χ4v) is 2.59. The van der Waals surface area contributed by atoms with Gasteiger partial charge in [-0.05, 0) is 42.3 Å². The summed E-state index contributed by atoms with van der Waals surface area (Å²) >= 11 is 0. The molecule has 0 aliphatic heterocycles. The topological polar surface area (TPSA) is 75.1 Å². The Balaban J connectivity index is 2.01. The maximum Gasteiger partial charge on any atom is 0.416 e. The number of guanidine groups is 1. The number of hydrogen-bond donors (Lipinski definition) is 3. The average Bonchev–Trinajstić information content (AvgIpc) is 2.74. The molecule has 0 aliphatic carbocycles. The molecule has 9 heteroatoms. The van der Waals surface area contributed by atoms with Gasteiger partial charge in [-0.2, -0.15) is 13.2 Å². The molecule has 0 fully saturated rings. The van der Waals surface area contributed by atoms with E-state index in [2.05, 4.69) is 15.6 Å². The molecule has 0 aromatic heterocycles. The Kier molecular flexibility index (Phi) is 8.79. The Morgan fingerprint density at radius 1 is 1.03 bits per heavy atom. The summed E-state index contributed by atoms with van der Waals surface area (Å²) in [5, 5.41) is 15.1. The van der Waals surface area contributed by atoms with Gasteiger partial charge in [0.15, 0.2) is 17.5 Å². The van der Waals surface area contributed by atoms with Crippen LogP contribution in [0.15, 0.2) is 47.5 Å². The van der Waals surface area contributed by atoms with E-state index in [4.69, 9.17) is 14.6 Å². The van der Waals surface area contributed by atoms with Crippen LogP contribution in [0.5, 0.6) is 11.5 Å². The molecule has 6 nitrogen and oxygen atoms in total. The molecule has 0 atom stereocenters. The first kappa shape index (κ1) is 23.3. The second-order valence-electron chi connectivity index (χ2n) is 6.30. The largest absolute Gasteiger partial charge is 0.493 e. The van der Waals surface area contributed by atoms with E-state index >= 15 is 0 Å². The number of halogens is 3. The highest BCUT2D eigenvalue weighted by molar-refractivity contribution is 5.79. The van der Waals surface area contributed by atoms with E-state index in [0.717, 1.165) is 17.7 Å². The van der Waals surface area contributed by atoms with Gasteiger partial charge in [0.05, 0.1) is 25.8 Å². The molecule has 0 unspecified atom stereocenters. The number of benzene rings is 2. The minimum absolute atomic E-state index is 0.0914. The van der Waals surface area contributed by atoms with Crippen molar-refractivity contribution in [2.45, 2.75) is 26.2 Å². The van der Waals surface area contributed by atoms with Gasteiger partial charge in [-0.1, -0.05) is 18.2 Å². The molecule has 0 saturated carbocycles. The van der Waals surface area contributed by atoms with Crippen molar-refractivity contribution in [3.8, 4) is 11.5 Å². The Morgan fingerprint density at radius 2 is 1.73 bits per heavy atom. The number of aliphatic hydroxyl groups is 1. The maximum absolute atomic E-state index is 12.7. The molecular weight excluding hydrogens is 399 g/mol. The molecule has 0 spiro atoms. The molecule has 164 valence electrons. The first-order valence-corrected chi connectivity index (χ1v) is 9.46. The van der Waals surface area contributed by atoms with Gasteiger partial charge in [0.1, 0.15) is 6.61 Å². The third-order valence-corrected chi connectivity index (χ3v) is 4.08. The molecule has 2 rings (SSSR count). The summed E-state index contributed by atoms with van der Waals surface area (Å²) < 4.78 is 48.7. The molecular formula is C21H26F3N3O3. The van der Waals surface area contributed by atoms with Crippen molar-refractivity contribution in [3.63, 3.8) is 0 Å². The van der Waals surface area contributed by atoms with Gasteiger partial charge in [-0.15, -0.1) is 0 Å². The Hall–Kier alpha value is -2.94. The molecule has 2 aromatic rings. The molecule has 2 aromatic carbocycles. The fourth-order valence-electron chi connectivity index (χ4n) is 2.59. The van der Waals surface area contributed by atoms with Crippen LogP contribution in [0.2, 0.25) is 0 Å². The summed E-state index contributed by atoms with van der Waals surface area (Å²) in [4.78, 5) is 4.50. The van der Waals surface area contributed by atoms with Crippen molar-refractivity contribution in [2.75, 3.05) is 26.9 Å². The number of nitrogens with one attached hydrogen (secondary N) is 2. The monoisotopic (exact) mass is 425 g/mol. The van der Waals surface area contributed by atoms with Crippen LogP contribution in [0, 0.1) is 0 Å². The van der Waals surface area contributed by atoms with Crippen LogP contribution in [0.3, 0.4) is 0 Å². The molecule has 0 heterocycles. The Labute approximate surface area is 173 Å². The minimum atomic E-state index is -4.35. The summed E-state index contributed by atoms with van der Waals surface area (Å²) in [5.41, 5.74) is 0.919. The van der Waals surface area contributed by atoms with Crippen LogP contribution < -0.4 is 20.1 Å². The highest BCUT2D eigenvalue weighted by Gasteiger charge is 2.29. The molecule has 0 amide bonds. The first-order chi connectivity index (χ1) is 14.4. The van der Waals surface area contributed by atoms with E-state index in [1.165, 1.54) is 19.2 Å². The number of ether oxygens (including phenoxy) is 2. The molecule has 3 N–H and O–H groups in total. The number of alkyl halides is 3. The van der Waals surface area contributed by atoms with E-state index < -0.39 is 11.7 Å². The third-order valence-electron chi connectivity index (χ3n) is 4.08. The van der Waals surface area contributed by atoms with Crippen LogP contribution in [0.1, 0.15) is 23.6 Å². The normalized spacial score (nSPS) is 11.9. The minimum Gasteiger partial charge on any atom is -0.493 e. The summed E-state index contributed by atoms with van der Waals surface area (Å²) in [6, 6.07) is 10.4. The SMILES string of the molecule is CCNC(=NCc1ccc(OCCO)c(OC)c1)NCc1ccc(C(F)(F)F)cc1. The number of aliphatic imine (C=N–C) groups is 1. The van der Waals surface area contributed by atoms with Gasteiger partial charge in [0.2, 0.25) is 0 Å². The molecule has 0 bridgehead atoms. The predicted molar refractivity (Wildman–Crippen MR) is 109 cm³/mol. The number of methoxy groups -OCH3 is 1. The van der Waals surface area contributed by atoms with Gasteiger partial charge in [0, 0.05) is 13.1 Å². The van der Waals surface area contributed by atoms with Crippen LogP contribution >= 0.6 is 0 Å². The zero-order valence-corrected chi connectivity index (χ0v) is 16.9. The number of aliphatic hydroxyl groups excluding tert-OH is 1. The van der Waals surface area contributed by atoms with Gasteiger partial charge in [-0.3, -0.25) is 0 Å². The van der Waals surface area contributed by atoms with Crippen LogP contribution in [0.25, 0.3) is 0 Å². The quantitative estimate of drug-likeness (QED) is 0.425. The smallest absolute Gasteiger partial charge is 0.416 e. The van der Waals surface area contributed by atoms with Gasteiger partial charge in [0.25, 0.3) is 0 Å². The average molecular weight is 425 g/mol. The van der Waals surface area contributed by atoms with Gasteiger partial charge >= 0.3 is 6.18 Å². The maximum atomic E-state index is 12.7. The highest BCUT2D eigenvalue weighted by atomic mass is 19.4. The molecule has 0 aliphatic rings. The third kappa shape index (κ3) is 7.14. The first-order valence-electron chi connectivity index (χ1n) is 9.46. The van der Waals surface area contributed by atoms with E-state index in [9.17, 15) is 13.2 Å². The standard InChI is InChI=1S/C21H26F3N3O3/c1-3-25-20(26-13-15-4-7-17(8-5-15)21(22,23)24)27-14-16-6-9-18(30-11-10-28)19(12-16)29-2/h4-9,12,28H,3,10-11,13-14H2,1-2H3,(H2,25,26,27). The lowest BCUT2D eigenvalue weighted by atomic mass is 10.1. The zero-order valence-electron chi connectivity index (χ0n) is 16.9. The molecule has 0 saturated heterocycles. The molecule has 30 heavy (non-hydrogen) atoms. The van der Waals surface area contributed by atoms with Crippen molar-refractivity contribution in [1.29, 1.82) is 0 Å². The van der Waals surface area contributed by atoms with Crippen LogP contribution in [0.4, 0.5) is 13.2 Å². The summed E-state index contributed by atoms with van der Waals surface area (Å²) in [7, 11) is 1.53. The number of nitrogens with zero attached hydrogens (tertiary/aromatic N) is 1. The second kappa shape index (κ2) is 11.3. The summed E-state index contributed by atoms with van der Waals surface area (Å²) in [5.74, 6) is 1.61. The van der Waals surface area contributed by atoms with Crippen LogP contribution in [-0.2, 0) is 19.3 Å². The summed E-state index contributed by atoms with van der Waals surface area (Å²) in [6.07, 6.45) is -4.35. The second-order valence-corrected chi connectivity index (χ2v) is 6.30. The van der Waals surface area contributed by atoms with Gasteiger partial charge in [-0.25, -0.2) is 4.99 Å². The summed E-state index contributed by atoms with van der Waals surface area (Å²) in [6.45, 7) is 3.33. The Bertz CT molecular complexity index is 824.